The highest BCUT2D eigenvalue weighted by molar-refractivity contribution is 6.31. The van der Waals surface area contributed by atoms with Crippen molar-refractivity contribution in [3.05, 3.63) is 29.0 Å². The molecule has 1 atom stereocenters. The van der Waals surface area contributed by atoms with Gasteiger partial charge in [0.1, 0.15) is 5.82 Å². The molecule has 3 amide bonds. The van der Waals surface area contributed by atoms with Crippen LogP contribution < -0.4 is 4.90 Å². The summed E-state index contributed by atoms with van der Waals surface area (Å²) in [7, 11) is 0. The van der Waals surface area contributed by atoms with Crippen molar-refractivity contribution >= 4 is 35.0 Å². The molecule has 2 heterocycles. The molecule has 1 aromatic carbocycles. The average molecular weight is 368 g/mol. The van der Waals surface area contributed by atoms with Crippen LogP contribution in [-0.4, -0.2) is 60.2 Å². The Morgan fingerprint density at radius 2 is 1.80 bits per heavy atom. The smallest absolute Gasteiger partial charge is 0.228 e. The van der Waals surface area contributed by atoms with Gasteiger partial charge in [-0.2, -0.15) is 0 Å². The van der Waals surface area contributed by atoms with E-state index >= 15 is 0 Å². The van der Waals surface area contributed by atoms with E-state index in [2.05, 4.69) is 0 Å². The maximum atomic E-state index is 13.3. The zero-order valence-electron chi connectivity index (χ0n) is 13.9. The lowest BCUT2D eigenvalue weighted by molar-refractivity contribution is -0.141. The molecule has 0 aliphatic carbocycles. The van der Waals surface area contributed by atoms with Crippen molar-refractivity contribution < 1.29 is 18.8 Å². The molecule has 1 aromatic rings. The summed E-state index contributed by atoms with van der Waals surface area (Å²) < 4.78 is 13.3. The van der Waals surface area contributed by atoms with Gasteiger partial charge in [-0.25, -0.2) is 4.39 Å². The highest BCUT2D eigenvalue weighted by Crippen LogP contribution is 2.29. The van der Waals surface area contributed by atoms with E-state index in [1.807, 2.05) is 0 Å². The second-order valence-corrected chi connectivity index (χ2v) is 6.74. The van der Waals surface area contributed by atoms with E-state index in [0.717, 1.165) is 0 Å². The van der Waals surface area contributed by atoms with Crippen LogP contribution in [0.5, 0.6) is 0 Å². The van der Waals surface area contributed by atoms with Gasteiger partial charge < -0.3 is 14.7 Å². The Balaban J connectivity index is 1.65. The van der Waals surface area contributed by atoms with Gasteiger partial charge in [-0.3, -0.25) is 14.4 Å². The number of piperazine rings is 1. The molecule has 2 fully saturated rings. The molecule has 0 N–H and O–H groups in total. The quantitative estimate of drug-likeness (QED) is 0.796. The zero-order chi connectivity index (χ0) is 18.1. The Kier molecular flexibility index (Phi) is 4.94. The number of hydrogen-bond donors (Lipinski definition) is 0. The van der Waals surface area contributed by atoms with Crippen molar-refractivity contribution in [3.8, 4) is 0 Å². The van der Waals surface area contributed by atoms with Crippen molar-refractivity contribution in [2.45, 2.75) is 13.3 Å². The van der Waals surface area contributed by atoms with Crippen LogP contribution in [0.2, 0.25) is 5.02 Å². The van der Waals surface area contributed by atoms with Gasteiger partial charge in [0.05, 0.1) is 10.9 Å². The summed E-state index contributed by atoms with van der Waals surface area (Å²) >= 11 is 5.78. The molecular weight excluding hydrogens is 349 g/mol. The monoisotopic (exact) mass is 367 g/mol. The first kappa shape index (κ1) is 17.7. The van der Waals surface area contributed by atoms with Crippen LogP contribution in [0.25, 0.3) is 0 Å². The summed E-state index contributed by atoms with van der Waals surface area (Å²) in [4.78, 5) is 41.2. The van der Waals surface area contributed by atoms with E-state index in [1.165, 1.54) is 30.0 Å². The van der Waals surface area contributed by atoms with E-state index in [4.69, 9.17) is 11.6 Å². The van der Waals surface area contributed by atoms with E-state index in [9.17, 15) is 18.8 Å². The topological polar surface area (TPSA) is 60.9 Å². The van der Waals surface area contributed by atoms with Gasteiger partial charge in [0.2, 0.25) is 17.7 Å². The van der Waals surface area contributed by atoms with Gasteiger partial charge in [0.25, 0.3) is 0 Å². The van der Waals surface area contributed by atoms with Crippen molar-refractivity contribution in [1.29, 1.82) is 0 Å². The molecule has 2 aliphatic heterocycles. The van der Waals surface area contributed by atoms with Crippen molar-refractivity contribution in [1.82, 2.24) is 9.80 Å². The molecule has 0 saturated carbocycles. The van der Waals surface area contributed by atoms with Crippen molar-refractivity contribution in [2.75, 3.05) is 37.6 Å². The number of amides is 3. The van der Waals surface area contributed by atoms with Crippen LogP contribution in [-0.2, 0) is 14.4 Å². The molecule has 134 valence electrons. The Labute approximate surface area is 150 Å². The predicted molar refractivity (Wildman–Crippen MR) is 90.7 cm³/mol. The molecule has 0 bridgehead atoms. The number of carbonyl (C=O) groups excluding carboxylic acids is 3. The van der Waals surface area contributed by atoms with Crippen LogP contribution >= 0.6 is 11.6 Å². The summed E-state index contributed by atoms with van der Waals surface area (Å²) in [5, 5.41) is -0.0552. The zero-order valence-corrected chi connectivity index (χ0v) is 14.6. The van der Waals surface area contributed by atoms with Crippen LogP contribution in [0.15, 0.2) is 18.2 Å². The Morgan fingerprint density at radius 3 is 2.40 bits per heavy atom. The van der Waals surface area contributed by atoms with Crippen molar-refractivity contribution in [2.24, 2.45) is 5.92 Å². The SMILES string of the molecule is CC(=O)N1CCN(C(=O)C2CC(=O)N(c3ccc(F)c(Cl)c3)C2)CC1. The molecule has 6 nitrogen and oxygen atoms in total. The van der Waals surface area contributed by atoms with Gasteiger partial charge in [0.15, 0.2) is 0 Å². The minimum Gasteiger partial charge on any atom is -0.339 e. The second-order valence-electron chi connectivity index (χ2n) is 6.34. The molecule has 2 saturated heterocycles. The summed E-state index contributed by atoms with van der Waals surface area (Å²) in [6.45, 7) is 3.75. The molecule has 2 aliphatic rings. The maximum absolute atomic E-state index is 13.3. The molecule has 1 unspecified atom stereocenters. The van der Waals surface area contributed by atoms with E-state index in [1.54, 1.807) is 9.80 Å². The molecule has 25 heavy (non-hydrogen) atoms. The first-order valence-electron chi connectivity index (χ1n) is 8.16. The second kappa shape index (κ2) is 7.00. The molecule has 0 radical (unpaired) electrons. The highest BCUT2D eigenvalue weighted by Gasteiger charge is 2.38. The Bertz CT molecular complexity index is 719. The minimum atomic E-state index is -0.548. The van der Waals surface area contributed by atoms with E-state index in [-0.39, 0.29) is 35.7 Å². The van der Waals surface area contributed by atoms with Crippen LogP contribution in [0, 0.1) is 11.7 Å². The first-order chi connectivity index (χ1) is 11.9. The first-order valence-corrected chi connectivity index (χ1v) is 8.54. The number of rotatable bonds is 2. The lowest BCUT2D eigenvalue weighted by Crippen LogP contribution is -2.51. The van der Waals surface area contributed by atoms with E-state index in [0.29, 0.717) is 31.9 Å². The number of nitrogens with zero attached hydrogens (tertiary/aromatic N) is 3. The standard InChI is InChI=1S/C17H19ClFN3O3/c1-11(23)20-4-6-21(7-5-20)17(25)12-8-16(24)22(10-12)13-2-3-15(19)14(18)9-13/h2-3,9,12H,4-8,10H2,1H3. The van der Waals surface area contributed by atoms with Crippen LogP contribution in [0.4, 0.5) is 10.1 Å². The lowest BCUT2D eigenvalue weighted by atomic mass is 10.1. The normalized spacial score (nSPS) is 21.0. The molecule has 8 heteroatoms. The molecule has 0 spiro atoms. The van der Waals surface area contributed by atoms with Gasteiger partial charge in [-0.15, -0.1) is 0 Å². The number of benzene rings is 1. The average Bonchev–Trinajstić information content (AvgIpc) is 2.98. The Hall–Kier alpha value is -2.15. The predicted octanol–water partition coefficient (Wildman–Crippen LogP) is 1.52. The lowest BCUT2D eigenvalue weighted by Gasteiger charge is -2.35. The maximum Gasteiger partial charge on any atom is 0.228 e. The summed E-state index contributed by atoms with van der Waals surface area (Å²) in [6.07, 6.45) is 0.126. The highest BCUT2D eigenvalue weighted by atomic mass is 35.5. The number of anilines is 1. The van der Waals surface area contributed by atoms with Gasteiger partial charge in [-0.1, -0.05) is 11.6 Å². The molecule has 3 rings (SSSR count). The van der Waals surface area contributed by atoms with Gasteiger partial charge in [0, 0.05) is 51.8 Å². The van der Waals surface area contributed by atoms with Crippen LogP contribution in [0.1, 0.15) is 13.3 Å². The number of carbonyl (C=O) groups is 3. The van der Waals surface area contributed by atoms with Crippen molar-refractivity contribution in [3.63, 3.8) is 0 Å². The van der Waals surface area contributed by atoms with E-state index < -0.39 is 11.7 Å². The fourth-order valence-electron chi connectivity index (χ4n) is 3.28. The van der Waals surface area contributed by atoms with Crippen LogP contribution in [0.3, 0.4) is 0 Å². The number of hydrogen-bond acceptors (Lipinski definition) is 3. The minimum absolute atomic E-state index is 0.00232. The summed E-state index contributed by atoms with van der Waals surface area (Å²) in [6, 6.07) is 4.09. The fourth-order valence-corrected chi connectivity index (χ4v) is 3.45. The number of halogens is 2. The largest absolute Gasteiger partial charge is 0.339 e. The van der Waals surface area contributed by atoms with Gasteiger partial charge >= 0.3 is 0 Å². The fraction of sp³-hybridized carbons (Fsp3) is 0.471. The third kappa shape index (κ3) is 3.61. The van der Waals surface area contributed by atoms with Gasteiger partial charge in [-0.05, 0) is 18.2 Å². The molecular formula is C17H19ClFN3O3. The Morgan fingerprint density at radius 1 is 1.16 bits per heavy atom. The molecule has 0 aromatic heterocycles. The summed E-state index contributed by atoms with van der Waals surface area (Å²) in [5.41, 5.74) is 0.494. The summed E-state index contributed by atoms with van der Waals surface area (Å²) in [5.74, 6) is -1.23. The third-order valence-corrected chi connectivity index (χ3v) is 5.02. The third-order valence-electron chi connectivity index (χ3n) is 4.73.